The maximum Gasteiger partial charge on any atom is 0.228 e. The molecule has 0 saturated heterocycles. The number of nitrogens with zero attached hydrogens (tertiary/aromatic N) is 1. The number of carbonyl (C=O) groups excluding carboxylic acids is 2. The molecule has 1 unspecified atom stereocenters. The minimum absolute atomic E-state index is 0. The van der Waals surface area contributed by atoms with Crippen LogP contribution in [0.5, 0.6) is 0 Å². The first-order valence-corrected chi connectivity index (χ1v) is 8.53. The van der Waals surface area contributed by atoms with E-state index in [1.165, 1.54) is 6.92 Å². The minimum atomic E-state index is -0.769. The molecule has 3 N–H and O–H groups in total. The van der Waals surface area contributed by atoms with Crippen LogP contribution in [0.15, 0.2) is 47.2 Å². The van der Waals surface area contributed by atoms with Crippen LogP contribution in [0.1, 0.15) is 33.6 Å². The third-order valence-corrected chi connectivity index (χ3v) is 4.91. The topological polar surface area (TPSA) is 75.4 Å². The van der Waals surface area contributed by atoms with Crippen LogP contribution in [0, 0.1) is 5.41 Å². The van der Waals surface area contributed by atoms with Crippen molar-refractivity contribution >= 4 is 24.2 Å². The predicted octanol–water partition coefficient (Wildman–Crippen LogP) is 2.46. The second-order valence-corrected chi connectivity index (χ2v) is 6.30. The van der Waals surface area contributed by atoms with Crippen molar-refractivity contribution < 1.29 is 9.59 Å². The van der Waals surface area contributed by atoms with Crippen LogP contribution in [-0.4, -0.2) is 36.3 Å². The summed E-state index contributed by atoms with van der Waals surface area (Å²) < 4.78 is 0. The van der Waals surface area contributed by atoms with E-state index in [1.54, 1.807) is 0 Å². The van der Waals surface area contributed by atoms with Crippen LogP contribution in [0.25, 0.3) is 0 Å². The zero-order chi connectivity index (χ0) is 17.7. The van der Waals surface area contributed by atoms with Crippen LogP contribution < -0.4 is 11.1 Å². The first kappa shape index (κ1) is 21.2. The van der Waals surface area contributed by atoms with Gasteiger partial charge in [0.25, 0.3) is 0 Å². The molecule has 2 amide bonds. The van der Waals surface area contributed by atoms with Crippen molar-refractivity contribution in [1.29, 1.82) is 0 Å². The highest BCUT2D eigenvalue weighted by Crippen LogP contribution is 2.49. The van der Waals surface area contributed by atoms with Crippen molar-refractivity contribution in [2.75, 3.05) is 19.6 Å². The molecule has 1 atom stereocenters. The van der Waals surface area contributed by atoms with Gasteiger partial charge in [-0.15, -0.1) is 12.4 Å². The Morgan fingerprint density at radius 3 is 2.48 bits per heavy atom. The Labute approximate surface area is 156 Å². The summed E-state index contributed by atoms with van der Waals surface area (Å²) >= 11 is 0. The molecule has 2 aliphatic carbocycles. The second-order valence-electron chi connectivity index (χ2n) is 6.30. The molecule has 25 heavy (non-hydrogen) atoms. The fourth-order valence-corrected chi connectivity index (χ4v) is 3.50. The minimum Gasteiger partial charge on any atom is -0.369 e. The Kier molecular flexibility index (Phi) is 7.64. The average molecular weight is 366 g/mol. The summed E-state index contributed by atoms with van der Waals surface area (Å²) in [5.74, 6) is -0.464. The van der Waals surface area contributed by atoms with E-state index in [2.05, 4.69) is 24.1 Å². The van der Waals surface area contributed by atoms with Gasteiger partial charge in [0.05, 0.1) is 5.41 Å². The Balaban J connectivity index is 0.00000312. The number of carbonyl (C=O) groups is 2. The lowest BCUT2D eigenvalue weighted by Crippen LogP contribution is -2.41. The standard InChI is InChI=1S/C19H27N3O2.ClH/c1-4-22(5-2)12-11-19(18(20)24)13-17(21-14(3)23)15-9-7-6-8-10-16(15)19;/h6-10H,4-5,11-13H2,1-3H3,(H2,20,24)(H,21,23);1H. The number of primary amides is 1. The maximum atomic E-state index is 12.5. The molecular weight excluding hydrogens is 338 g/mol. The SMILES string of the molecule is CCN(CC)CCC1(C(N)=O)CC(NC(C)=O)=C2C=CC=CC=C21.Cl. The van der Waals surface area contributed by atoms with Gasteiger partial charge in [0.15, 0.2) is 0 Å². The van der Waals surface area contributed by atoms with Crippen LogP contribution in [-0.2, 0) is 9.59 Å². The largest absolute Gasteiger partial charge is 0.369 e. The molecule has 0 aromatic rings. The quantitative estimate of drug-likeness (QED) is 0.727. The highest BCUT2D eigenvalue weighted by atomic mass is 35.5. The summed E-state index contributed by atoms with van der Waals surface area (Å²) in [6.45, 7) is 8.36. The molecule has 0 aromatic heterocycles. The zero-order valence-corrected chi connectivity index (χ0v) is 16.0. The molecule has 0 radical (unpaired) electrons. The molecule has 5 nitrogen and oxygen atoms in total. The third-order valence-electron chi connectivity index (χ3n) is 4.91. The lowest BCUT2D eigenvalue weighted by atomic mass is 9.75. The van der Waals surface area contributed by atoms with Crippen molar-refractivity contribution in [2.24, 2.45) is 11.1 Å². The van der Waals surface area contributed by atoms with Crippen molar-refractivity contribution in [2.45, 2.75) is 33.6 Å². The Morgan fingerprint density at radius 1 is 1.24 bits per heavy atom. The Morgan fingerprint density at radius 2 is 1.92 bits per heavy atom. The van der Waals surface area contributed by atoms with Gasteiger partial charge in [0.2, 0.25) is 11.8 Å². The molecule has 0 heterocycles. The van der Waals surface area contributed by atoms with Gasteiger partial charge in [-0.05, 0) is 37.2 Å². The first-order chi connectivity index (χ1) is 11.4. The fourth-order valence-electron chi connectivity index (χ4n) is 3.50. The molecule has 0 saturated carbocycles. The summed E-state index contributed by atoms with van der Waals surface area (Å²) in [5.41, 5.74) is 7.71. The first-order valence-electron chi connectivity index (χ1n) is 8.53. The molecule has 0 aromatic carbocycles. The van der Waals surface area contributed by atoms with Gasteiger partial charge >= 0.3 is 0 Å². The smallest absolute Gasteiger partial charge is 0.228 e. The third kappa shape index (κ3) is 4.41. The van der Waals surface area contributed by atoms with Gasteiger partial charge in [-0.3, -0.25) is 9.59 Å². The number of halogens is 1. The summed E-state index contributed by atoms with van der Waals surface area (Å²) in [5, 5.41) is 2.89. The van der Waals surface area contributed by atoms with E-state index < -0.39 is 5.41 Å². The zero-order valence-electron chi connectivity index (χ0n) is 15.2. The number of hydrogen-bond acceptors (Lipinski definition) is 3. The Bertz CT molecular complexity index is 645. The summed E-state index contributed by atoms with van der Waals surface area (Å²) in [4.78, 5) is 26.3. The molecule has 0 aliphatic heterocycles. The van der Waals surface area contributed by atoms with Crippen molar-refractivity contribution in [3.8, 4) is 0 Å². The highest BCUT2D eigenvalue weighted by molar-refractivity contribution is 5.89. The van der Waals surface area contributed by atoms with Crippen molar-refractivity contribution in [1.82, 2.24) is 10.2 Å². The molecule has 2 rings (SSSR count). The van der Waals surface area contributed by atoms with Gasteiger partial charge in [0.1, 0.15) is 0 Å². The summed E-state index contributed by atoms with van der Waals surface area (Å²) in [7, 11) is 0. The molecule has 0 fully saturated rings. The molecule has 0 bridgehead atoms. The molecular formula is C19H28ClN3O2. The number of rotatable bonds is 7. The van der Waals surface area contributed by atoms with Gasteiger partial charge in [-0.1, -0.05) is 44.2 Å². The molecule has 6 heteroatoms. The normalized spacial score (nSPS) is 21.5. The number of fused-ring (bicyclic) bond motifs is 1. The van der Waals surface area contributed by atoms with Crippen LogP contribution in [0.4, 0.5) is 0 Å². The fraction of sp³-hybridized carbons (Fsp3) is 0.474. The van der Waals surface area contributed by atoms with E-state index in [4.69, 9.17) is 5.73 Å². The van der Waals surface area contributed by atoms with Crippen LogP contribution in [0.3, 0.4) is 0 Å². The van der Waals surface area contributed by atoms with E-state index in [0.717, 1.165) is 36.5 Å². The Hall–Kier alpha value is -1.85. The maximum absolute atomic E-state index is 12.5. The van der Waals surface area contributed by atoms with E-state index in [1.807, 2.05) is 30.4 Å². The number of hydrogen-bond donors (Lipinski definition) is 2. The van der Waals surface area contributed by atoms with Crippen LogP contribution >= 0.6 is 12.4 Å². The van der Waals surface area contributed by atoms with E-state index in [9.17, 15) is 9.59 Å². The lowest BCUT2D eigenvalue weighted by molar-refractivity contribution is -0.126. The van der Waals surface area contributed by atoms with E-state index in [0.29, 0.717) is 12.8 Å². The van der Waals surface area contributed by atoms with Gasteiger partial charge in [-0.25, -0.2) is 0 Å². The van der Waals surface area contributed by atoms with Crippen molar-refractivity contribution in [3.05, 3.63) is 47.2 Å². The van der Waals surface area contributed by atoms with E-state index in [-0.39, 0.29) is 24.2 Å². The average Bonchev–Trinajstić information content (AvgIpc) is 2.69. The summed E-state index contributed by atoms with van der Waals surface area (Å²) in [6.07, 6.45) is 10.7. The number of allylic oxidation sites excluding steroid dienone is 7. The molecule has 138 valence electrons. The number of amides is 2. The predicted molar refractivity (Wildman–Crippen MR) is 103 cm³/mol. The second kappa shape index (κ2) is 9.02. The summed E-state index contributed by atoms with van der Waals surface area (Å²) in [6, 6.07) is 0. The highest BCUT2D eigenvalue weighted by Gasteiger charge is 2.47. The van der Waals surface area contributed by atoms with Gasteiger partial charge in [-0.2, -0.15) is 0 Å². The van der Waals surface area contributed by atoms with Crippen LogP contribution in [0.2, 0.25) is 0 Å². The monoisotopic (exact) mass is 365 g/mol. The van der Waals surface area contributed by atoms with Gasteiger partial charge in [0, 0.05) is 19.0 Å². The number of nitrogens with two attached hydrogens (primary N) is 1. The number of nitrogens with one attached hydrogen (secondary N) is 1. The van der Waals surface area contributed by atoms with E-state index >= 15 is 0 Å². The van der Waals surface area contributed by atoms with Crippen molar-refractivity contribution in [3.63, 3.8) is 0 Å². The van der Waals surface area contributed by atoms with Gasteiger partial charge < -0.3 is 16.0 Å². The molecule has 2 aliphatic rings. The lowest BCUT2D eigenvalue weighted by Gasteiger charge is -2.31. The molecule has 0 spiro atoms.